The van der Waals surface area contributed by atoms with Gasteiger partial charge in [0.05, 0.1) is 15.9 Å². The number of nitrogens with one attached hydrogen (secondary N) is 2. The van der Waals surface area contributed by atoms with E-state index in [-0.39, 0.29) is 17.9 Å². The highest BCUT2D eigenvalue weighted by Gasteiger charge is 2.29. The summed E-state index contributed by atoms with van der Waals surface area (Å²) in [7, 11) is 1.62. The van der Waals surface area contributed by atoms with Crippen LogP contribution in [0.25, 0.3) is 26.4 Å². The van der Waals surface area contributed by atoms with E-state index in [0.717, 1.165) is 26.4 Å². The van der Waals surface area contributed by atoms with Crippen LogP contribution in [0.3, 0.4) is 0 Å². The number of imidazole rings is 1. The lowest BCUT2D eigenvalue weighted by atomic mass is 10.1. The van der Waals surface area contributed by atoms with Crippen molar-refractivity contribution in [1.82, 2.24) is 20.0 Å². The highest BCUT2D eigenvalue weighted by atomic mass is 32.1. The molecule has 1 fully saturated rings. The van der Waals surface area contributed by atoms with Crippen LogP contribution in [0.4, 0.5) is 0 Å². The Balaban J connectivity index is 1.43. The van der Waals surface area contributed by atoms with E-state index >= 15 is 0 Å². The van der Waals surface area contributed by atoms with Crippen molar-refractivity contribution in [2.75, 3.05) is 7.05 Å². The minimum Gasteiger partial charge on any atom is -0.355 e. The zero-order chi connectivity index (χ0) is 20.8. The van der Waals surface area contributed by atoms with E-state index in [1.54, 1.807) is 30.5 Å². The number of aromatic nitrogens is 2. The van der Waals surface area contributed by atoms with Gasteiger partial charge in [0.25, 0.3) is 11.8 Å². The van der Waals surface area contributed by atoms with Gasteiger partial charge < -0.3 is 10.6 Å². The van der Waals surface area contributed by atoms with Crippen LogP contribution in [0.5, 0.6) is 0 Å². The van der Waals surface area contributed by atoms with Crippen LogP contribution in [0, 0.1) is 5.92 Å². The minimum atomic E-state index is -0.107. The molecule has 1 unspecified atom stereocenters. The van der Waals surface area contributed by atoms with Crippen molar-refractivity contribution in [2.24, 2.45) is 5.92 Å². The van der Waals surface area contributed by atoms with Crippen LogP contribution >= 0.6 is 11.3 Å². The summed E-state index contributed by atoms with van der Waals surface area (Å²) in [4.78, 5) is 29.9. The fourth-order valence-corrected chi connectivity index (χ4v) is 4.77. The molecule has 0 spiro atoms. The molecule has 2 heterocycles. The van der Waals surface area contributed by atoms with Crippen LogP contribution in [0.2, 0.25) is 0 Å². The Morgan fingerprint density at radius 1 is 1.10 bits per heavy atom. The van der Waals surface area contributed by atoms with Crippen molar-refractivity contribution in [1.29, 1.82) is 0 Å². The molecule has 5 rings (SSSR count). The lowest BCUT2D eigenvalue weighted by Crippen LogP contribution is -2.33. The molecule has 30 heavy (non-hydrogen) atoms. The van der Waals surface area contributed by atoms with Crippen LogP contribution in [0.1, 0.15) is 40.5 Å². The summed E-state index contributed by atoms with van der Waals surface area (Å²) in [6.45, 7) is 2.08. The van der Waals surface area contributed by atoms with Gasteiger partial charge >= 0.3 is 0 Å². The Hall–Kier alpha value is -3.19. The lowest BCUT2D eigenvalue weighted by Gasteiger charge is -2.12. The summed E-state index contributed by atoms with van der Waals surface area (Å²) < 4.78 is 3.09. The molecule has 4 aromatic rings. The van der Waals surface area contributed by atoms with Gasteiger partial charge in [-0.3, -0.25) is 14.0 Å². The van der Waals surface area contributed by atoms with Gasteiger partial charge in [-0.1, -0.05) is 23.5 Å². The maximum absolute atomic E-state index is 12.6. The van der Waals surface area contributed by atoms with E-state index in [0.29, 0.717) is 17.0 Å². The maximum atomic E-state index is 12.6. The third kappa shape index (κ3) is 3.35. The minimum absolute atomic E-state index is 0.0146. The van der Waals surface area contributed by atoms with Gasteiger partial charge in [-0.05, 0) is 56.0 Å². The molecular formula is C23H22N4O2S. The van der Waals surface area contributed by atoms with Crippen LogP contribution in [-0.2, 0) is 0 Å². The summed E-state index contributed by atoms with van der Waals surface area (Å²) in [6, 6.07) is 13.4. The fraction of sp³-hybridized carbons (Fsp3) is 0.261. The largest absolute Gasteiger partial charge is 0.355 e. The molecule has 152 valence electrons. The highest BCUT2D eigenvalue weighted by Crippen LogP contribution is 2.33. The van der Waals surface area contributed by atoms with Crippen molar-refractivity contribution in [2.45, 2.75) is 25.8 Å². The molecule has 2 aromatic heterocycles. The molecule has 6 nitrogen and oxygen atoms in total. The molecule has 0 saturated heterocycles. The number of hydrogen-bond acceptors (Lipinski definition) is 4. The highest BCUT2D eigenvalue weighted by molar-refractivity contribution is 7.23. The van der Waals surface area contributed by atoms with E-state index in [9.17, 15) is 9.59 Å². The zero-order valence-electron chi connectivity index (χ0n) is 16.8. The van der Waals surface area contributed by atoms with Gasteiger partial charge in [0.15, 0.2) is 4.96 Å². The first-order valence-electron chi connectivity index (χ1n) is 10.1. The SMILES string of the molecule is CNC(=O)c1ccc(-c2cn3c(n2)sc2cc(C(=O)NC(C)C4CC4)ccc23)cc1. The van der Waals surface area contributed by atoms with Gasteiger partial charge in [0.2, 0.25) is 0 Å². The van der Waals surface area contributed by atoms with Gasteiger partial charge in [-0.25, -0.2) is 4.98 Å². The average Bonchev–Trinajstić information content (AvgIpc) is 3.45. The summed E-state index contributed by atoms with van der Waals surface area (Å²) in [5.74, 6) is 0.510. The van der Waals surface area contributed by atoms with Crippen LogP contribution < -0.4 is 10.6 Å². The average molecular weight is 419 g/mol. The second-order valence-corrected chi connectivity index (χ2v) is 8.83. The van der Waals surface area contributed by atoms with E-state index in [1.807, 2.05) is 36.5 Å². The van der Waals surface area contributed by atoms with Crippen molar-refractivity contribution < 1.29 is 9.59 Å². The number of amides is 2. The maximum Gasteiger partial charge on any atom is 0.251 e. The standard InChI is InChI=1S/C23H22N4O2S/c1-13(14-3-4-14)25-22(29)17-9-10-19-20(11-17)30-23-26-18(12-27(19)23)15-5-7-16(8-6-15)21(28)24-2/h5-14H,3-4H2,1-2H3,(H,24,28)(H,25,29). The Morgan fingerprint density at radius 3 is 2.53 bits per heavy atom. The van der Waals surface area contributed by atoms with Gasteiger partial charge in [0, 0.05) is 36.0 Å². The summed E-state index contributed by atoms with van der Waals surface area (Å²) in [5.41, 5.74) is 4.14. The smallest absolute Gasteiger partial charge is 0.251 e. The monoisotopic (exact) mass is 418 g/mol. The lowest BCUT2D eigenvalue weighted by molar-refractivity contribution is 0.0933. The number of carbonyl (C=O) groups excluding carboxylic acids is 2. The van der Waals surface area contributed by atoms with Gasteiger partial charge in [-0.2, -0.15) is 0 Å². The molecule has 2 aromatic carbocycles. The molecule has 2 N–H and O–H groups in total. The van der Waals surface area contributed by atoms with Crippen molar-refractivity contribution in [3.8, 4) is 11.3 Å². The fourth-order valence-electron chi connectivity index (χ4n) is 3.72. The number of benzene rings is 2. The number of nitrogens with zero attached hydrogens (tertiary/aromatic N) is 2. The first-order chi connectivity index (χ1) is 14.5. The van der Waals surface area contributed by atoms with Gasteiger partial charge in [-0.15, -0.1) is 0 Å². The predicted octanol–water partition coefficient (Wildman–Crippen LogP) is 4.10. The van der Waals surface area contributed by atoms with Crippen molar-refractivity contribution >= 4 is 38.3 Å². The molecule has 1 atom stereocenters. The second-order valence-electron chi connectivity index (χ2n) is 7.82. The normalized spacial score (nSPS) is 14.7. The van der Waals surface area contributed by atoms with Gasteiger partial charge in [0.1, 0.15) is 0 Å². The second kappa shape index (κ2) is 7.25. The van der Waals surface area contributed by atoms with Crippen molar-refractivity contribution in [3.63, 3.8) is 0 Å². The summed E-state index contributed by atoms with van der Waals surface area (Å²) >= 11 is 1.57. The quantitative estimate of drug-likeness (QED) is 0.512. The molecule has 1 aliphatic rings. The molecule has 1 aliphatic carbocycles. The first-order valence-corrected chi connectivity index (χ1v) is 10.9. The van der Waals surface area contributed by atoms with Crippen molar-refractivity contribution in [3.05, 3.63) is 59.8 Å². The molecule has 7 heteroatoms. The van der Waals surface area contributed by atoms with E-state index < -0.39 is 0 Å². The van der Waals surface area contributed by atoms with Crippen LogP contribution in [0.15, 0.2) is 48.7 Å². The Morgan fingerprint density at radius 2 is 1.83 bits per heavy atom. The molecular weight excluding hydrogens is 396 g/mol. The van der Waals surface area contributed by atoms with E-state index in [4.69, 9.17) is 4.98 Å². The molecule has 2 amide bonds. The Bertz CT molecular complexity index is 1270. The van der Waals surface area contributed by atoms with E-state index in [2.05, 4.69) is 22.0 Å². The Labute approximate surface area is 177 Å². The molecule has 0 aliphatic heterocycles. The molecule has 0 radical (unpaired) electrons. The third-order valence-corrected chi connectivity index (χ3v) is 6.73. The van der Waals surface area contributed by atoms with Crippen LogP contribution in [-0.4, -0.2) is 34.3 Å². The third-order valence-electron chi connectivity index (χ3n) is 5.71. The Kier molecular flexibility index (Phi) is 4.55. The molecule has 0 bridgehead atoms. The number of rotatable bonds is 5. The summed E-state index contributed by atoms with van der Waals surface area (Å²) in [5, 5.41) is 5.74. The number of thiazole rings is 1. The number of hydrogen-bond donors (Lipinski definition) is 2. The topological polar surface area (TPSA) is 75.5 Å². The van der Waals surface area contributed by atoms with E-state index in [1.165, 1.54) is 12.8 Å². The first kappa shape index (κ1) is 18.8. The predicted molar refractivity (Wildman–Crippen MR) is 119 cm³/mol. The number of carbonyl (C=O) groups is 2. The summed E-state index contributed by atoms with van der Waals surface area (Å²) in [6.07, 6.45) is 4.41. The molecule has 1 saturated carbocycles. The number of fused-ring (bicyclic) bond motifs is 3. The zero-order valence-corrected chi connectivity index (χ0v) is 17.6.